The van der Waals surface area contributed by atoms with Crippen molar-refractivity contribution in [3.05, 3.63) is 78.7 Å². The Morgan fingerprint density at radius 2 is 2.40 bits per heavy atom. The topological polar surface area (TPSA) is 60.9 Å². The summed E-state index contributed by atoms with van der Waals surface area (Å²) in [5.41, 5.74) is 1.09. The molecule has 136 valence electrons. The Bertz CT molecular complexity index is 559. The van der Waals surface area contributed by atoms with Crippen molar-refractivity contribution < 1.29 is 5.11 Å². The molecule has 2 rings (SSSR count). The first-order valence-corrected chi connectivity index (χ1v) is 8.84. The second-order valence-electron chi connectivity index (χ2n) is 5.67. The Kier molecular flexibility index (Phi) is 11.4. The predicted octanol–water partition coefficient (Wildman–Crippen LogP) is 3.98. The number of aliphatic hydroxyl groups excluding tert-OH is 1. The van der Waals surface area contributed by atoms with Gasteiger partial charge in [-0.3, -0.25) is 5.10 Å². The monoisotopic (exact) mass is 361 g/mol. The van der Waals surface area contributed by atoms with Gasteiger partial charge in [-0.1, -0.05) is 60.7 Å². The van der Waals surface area contributed by atoms with Crippen LogP contribution in [0.25, 0.3) is 0 Å². The Morgan fingerprint density at radius 1 is 1.56 bits per heavy atom. The zero-order chi connectivity index (χ0) is 18.3. The highest BCUT2D eigenvalue weighted by Crippen LogP contribution is 2.29. The summed E-state index contributed by atoms with van der Waals surface area (Å²) in [6.07, 6.45) is 17.0. The zero-order valence-corrected chi connectivity index (χ0v) is 15.3. The number of halogens is 1. The quantitative estimate of drug-likeness (QED) is 0.460. The molecule has 0 spiro atoms. The molecule has 0 fully saturated rings. The van der Waals surface area contributed by atoms with Gasteiger partial charge < -0.3 is 10.4 Å². The van der Waals surface area contributed by atoms with Crippen LogP contribution in [0.1, 0.15) is 12.8 Å². The van der Waals surface area contributed by atoms with E-state index >= 15 is 0 Å². The number of H-pyrrole nitrogens is 1. The standard InChI is InChI=1S/C17H24ClNO.C3H4N2/c1-3-4-6-14(2)17(13-19-11-5-12-20)15-7-9-16(18)10-8-15;1-2-4-5-3-1/h3-4,6-7,9-10,15,17,19-20H,1-2,5,8,11-13H2;1-3H,(H,4,5)/b6-4-;. The number of hydrogen-bond acceptors (Lipinski definition) is 3. The summed E-state index contributed by atoms with van der Waals surface area (Å²) < 4.78 is 0. The van der Waals surface area contributed by atoms with E-state index < -0.39 is 0 Å². The van der Waals surface area contributed by atoms with E-state index in [1.165, 1.54) is 0 Å². The summed E-state index contributed by atoms with van der Waals surface area (Å²) in [5.74, 6) is 0.725. The normalized spacial score (nSPS) is 17.5. The molecule has 1 heterocycles. The van der Waals surface area contributed by atoms with Crippen molar-refractivity contribution in [3.8, 4) is 0 Å². The van der Waals surface area contributed by atoms with Gasteiger partial charge in [0.1, 0.15) is 0 Å². The van der Waals surface area contributed by atoms with Crippen LogP contribution < -0.4 is 5.32 Å². The van der Waals surface area contributed by atoms with Crippen LogP contribution in [-0.2, 0) is 0 Å². The lowest BCUT2D eigenvalue weighted by atomic mass is 9.82. The number of aliphatic hydroxyl groups is 1. The van der Waals surface area contributed by atoms with Crippen molar-refractivity contribution in [1.29, 1.82) is 0 Å². The Hall–Kier alpha value is -1.88. The summed E-state index contributed by atoms with van der Waals surface area (Å²) in [5, 5.41) is 19.2. The summed E-state index contributed by atoms with van der Waals surface area (Å²) in [4.78, 5) is 0. The summed E-state index contributed by atoms with van der Waals surface area (Å²) in [7, 11) is 0. The minimum atomic E-state index is 0.219. The van der Waals surface area contributed by atoms with E-state index in [0.717, 1.165) is 36.5 Å². The van der Waals surface area contributed by atoms with Crippen LogP contribution in [0.3, 0.4) is 0 Å². The van der Waals surface area contributed by atoms with Gasteiger partial charge in [-0.25, -0.2) is 0 Å². The highest BCUT2D eigenvalue weighted by Gasteiger charge is 2.21. The molecule has 0 saturated heterocycles. The van der Waals surface area contributed by atoms with E-state index in [9.17, 15) is 0 Å². The molecule has 2 atom stereocenters. The van der Waals surface area contributed by atoms with Crippen LogP contribution in [0.5, 0.6) is 0 Å². The molecule has 0 amide bonds. The maximum Gasteiger partial charge on any atom is 0.0487 e. The highest BCUT2D eigenvalue weighted by atomic mass is 35.5. The second kappa shape index (κ2) is 13.4. The number of nitrogens with zero attached hydrogens (tertiary/aromatic N) is 1. The fourth-order valence-electron chi connectivity index (χ4n) is 2.46. The van der Waals surface area contributed by atoms with Crippen molar-refractivity contribution in [2.45, 2.75) is 12.8 Å². The second-order valence-corrected chi connectivity index (χ2v) is 6.11. The molecule has 25 heavy (non-hydrogen) atoms. The molecule has 2 unspecified atom stereocenters. The van der Waals surface area contributed by atoms with E-state index in [4.69, 9.17) is 16.7 Å². The fraction of sp³-hybridized carbons (Fsp3) is 0.350. The smallest absolute Gasteiger partial charge is 0.0487 e. The summed E-state index contributed by atoms with van der Waals surface area (Å²) in [6, 6.07) is 1.83. The van der Waals surface area contributed by atoms with Crippen molar-refractivity contribution >= 4 is 11.6 Å². The molecule has 4 nitrogen and oxygen atoms in total. The van der Waals surface area contributed by atoms with Crippen LogP contribution in [0, 0.1) is 11.8 Å². The van der Waals surface area contributed by atoms with Gasteiger partial charge in [0.15, 0.2) is 0 Å². The fourth-order valence-corrected chi connectivity index (χ4v) is 2.62. The van der Waals surface area contributed by atoms with Crippen molar-refractivity contribution in [2.75, 3.05) is 19.7 Å². The number of hydrogen-bond donors (Lipinski definition) is 3. The number of aromatic nitrogens is 2. The highest BCUT2D eigenvalue weighted by molar-refractivity contribution is 6.31. The molecule has 1 aromatic heterocycles. The largest absolute Gasteiger partial charge is 0.396 e. The molecular weight excluding hydrogens is 334 g/mol. The molecular formula is C20H28ClN3O. The van der Waals surface area contributed by atoms with Crippen LogP contribution in [-0.4, -0.2) is 35.0 Å². The molecule has 3 N–H and O–H groups in total. The minimum Gasteiger partial charge on any atom is -0.396 e. The molecule has 1 aliphatic rings. The van der Waals surface area contributed by atoms with Crippen LogP contribution in [0.15, 0.2) is 78.7 Å². The van der Waals surface area contributed by atoms with Gasteiger partial charge >= 0.3 is 0 Å². The van der Waals surface area contributed by atoms with E-state index in [1.54, 1.807) is 18.5 Å². The van der Waals surface area contributed by atoms with Gasteiger partial charge in [-0.2, -0.15) is 5.10 Å². The first-order chi connectivity index (χ1) is 12.2. The summed E-state index contributed by atoms with van der Waals surface area (Å²) in [6.45, 7) is 9.75. The number of aromatic amines is 1. The third-order valence-electron chi connectivity index (χ3n) is 3.81. The Labute approximate surface area is 155 Å². The van der Waals surface area contributed by atoms with Crippen LogP contribution >= 0.6 is 11.6 Å². The lowest BCUT2D eigenvalue weighted by Gasteiger charge is -2.26. The van der Waals surface area contributed by atoms with E-state index in [2.05, 4.69) is 40.8 Å². The van der Waals surface area contributed by atoms with E-state index in [1.807, 2.05) is 24.3 Å². The maximum atomic E-state index is 8.82. The van der Waals surface area contributed by atoms with Gasteiger partial charge in [0, 0.05) is 36.5 Å². The van der Waals surface area contributed by atoms with Gasteiger partial charge in [0.05, 0.1) is 0 Å². The molecule has 5 heteroatoms. The van der Waals surface area contributed by atoms with Gasteiger partial charge in [-0.05, 0) is 37.4 Å². The first kappa shape index (κ1) is 21.2. The molecule has 0 radical (unpaired) electrons. The van der Waals surface area contributed by atoms with Crippen molar-refractivity contribution in [1.82, 2.24) is 15.5 Å². The van der Waals surface area contributed by atoms with Crippen LogP contribution in [0.2, 0.25) is 0 Å². The Morgan fingerprint density at radius 3 is 2.92 bits per heavy atom. The van der Waals surface area contributed by atoms with Gasteiger partial charge in [0.2, 0.25) is 0 Å². The maximum absolute atomic E-state index is 8.82. The molecule has 1 aliphatic carbocycles. The van der Waals surface area contributed by atoms with Gasteiger partial charge in [-0.15, -0.1) is 0 Å². The number of allylic oxidation sites excluding steroid dienone is 7. The lowest BCUT2D eigenvalue weighted by Crippen LogP contribution is -2.30. The van der Waals surface area contributed by atoms with E-state index in [-0.39, 0.29) is 6.61 Å². The summed E-state index contributed by atoms with van der Waals surface area (Å²) >= 11 is 5.98. The lowest BCUT2D eigenvalue weighted by molar-refractivity contribution is 0.284. The molecule has 1 aromatic rings. The predicted molar refractivity (Wildman–Crippen MR) is 106 cm³/mol. The van der Waals surface area contributed by atoms with Crippen molar-refractivity contribution in [2.24, 2.45) is 11.8 Å². The average Bonchev–Trinajstić information content (AvgIpc) is 3.21. The molecule has 0 aliphatic heterocycles. The van der Waals surface area contributed by atoms with E-state index in [0.29, 0.717) is 11.8 Å². The minimum absolute atomic E-state index is 0.219. The average molecular weight is 362 g/mol. The number of rotatable bonds is 9. The Balaban J connectivity index is 0.000000531. The molecule has 0 aromatic carbocycles. The van der Waals surface area contributed by atoms with Gasteiger partial charge in [0.25, 0.3) is 0 Å². The third-order valence-corrected chi connectivity index (χ3v) is 4.09. The number of nitrogens with one attached hydrogen (secondary N) is 2. The van der Waals surface area contributed by atoms with Crippen molar-refractivity contribution in [3.63, 3.8) is 0 Å². The molecule has 0 saturated carbocycles. The zero-order valence-electron chi connectivity index (χ0n) is 14.6. The van der Waals surface area contributed by atoms with Crippen LogP contribution in [0.4, 0.5) is 0 Å². The SMILES string of the molecule is C=C/C=C\C(=C)C(CNCCCO)C1C=CC(Cl)=CC1.c1cn[nH]c1. The molecule has 0 bridgehead atoms. The first-order valence-electron chi connectivity index (χ1n) is 8.46. The third kappa shape index (κ3) is 9.25.